The van der Waals surface area contributed by atoms with Gasteiger partial charge in [0, 0.05) is 28.6 Å². The average molecular weight is 536 g/mol. The molecule has 10 heteroatoms. The summed E-state index contributed by atoms with van der Waals surface area (Å²) >= 11 is 0. The highest BCUT2D eigenvalue weighted by Gasteiger charge is 2.23. The molecule has 206 valence electrons. The molecule has 2 N–H and O–H groups in total. The minimum absolute atomic E-state index is 0.0251. The number of amides is 2. The lowest BCUT2D eigenvalue weighted by atomic mass is 10.0. The molecule has 2 aromatic carbocycles. The number of anilines is 1. The fraction of sp³-hybridized carbons (Fsp3) is 0.429. The minimum Gasteiger partial charge on any atom is -0.480 e. The predicted octanol–water partition coefficient (Wildman–Crippen LogP) is 4.96. The Morgan fingerprint density at radius 3 is 2.34 bits per heavy atom. The third-order valence-electron chi connectivity index (χ3n) is 5.15. The molecule has 0 spiro atoms. The van der Waals surface area contributed by atoms with Crippen LogP contribution in [0.4, 0.5) is 14.5 Å². The fourth-order valence-electron chi connectivity index (χ4n) is 3.48. The van der Waals surface area contributed by atoms with Crippen molar-refractivity contribution in [2.75, 3.05) is 11.9 Å². The number of hydrogen-bond donors (Lipinski definition) is 2. The van der Waals surface area contributed by atoms with E-state index >= 15 is 0 Å². The lowest BCUT2D eigenvalue weighted by Gasteiger charge is -2.20. The quantitative estimate of drug-likeness (QED) is 0.277. The molecule has 0 bridgehead atoms. The maximum Gasteiger partial charge on any atom is 0.306 e. The summed E-state index contributed by atoms with van der Waals surface area (Å²) in [6, 6.07) is 7.44. The van der Waals surface area contributed by atoms with Crippen LogP contribution in [0.1, 0.15) is 74.2 Å². The van der Waals surface area contributed by atoms with E-state index in [-0.39, 0.29) is 30.1 Å². The summed E-state index contributed by atoms with van der Waals surface area (Å²) < 4.78 is 59.7. The number of ketones is 1. The van der Waals surface area contributed by atoms with E-state index in [4.69, 9.17) is 13.6 Å². The van der Waals surface area contributed by atoms with Crippen LogP contribution in [0.3, 0.4) is 0 Å². The van der Waals surface area contributed by atoms with Crippen molar-refractivity contribution in [1.29, 1.82) is 0 Å². The van der Waals surface area contributed by atoms with Crippen LogP contribution in [0.5, 0.6) is 5.75 Å². The third kappa shape index (κ3) is 10.7. The molecule has 0 aliphatic carbocycles. The molecule has 0 saturated carbocycles. The molecule has 0 aromatic heterocycles. The summed E-state index contributed by atoms with van der Waals surface area (Å²) in [5.41, 5.74) is -0.525. The highest BCUT2D eigenvalue weighted by Crippen LogP contribution is 2.21. The molecule has 0 aliphatic rings. The number of nitrogens with one attached hydrogen (secondary N) is 2. The van der Waals surface area contributed by atoms with Gasteiger partial charge >= 0.3 is 5.97 Å². The Labute approximate surface area is 225 Å². The first kappa shape index (κ1) is 25.8. The number of esters is 1. The van der Waals surface area contributed by atoms with E-state index < -0.39 is 60.1 Å². The molecular weight excluding hydrogens is 498 g/mol. The lowest BCUT2D eigenvalue weighted by molar-refractivity contribution is -0.155. The number of hydrogen-bond acceptors (Lipinski definition) is 6. The molecular formula is C28H34F2N2O6. The topological polar surface area (TPSA) is 111 Å². The minimum atomic E-state index is -2.89. The van der Waals surface area contributed by atoms with E-state index in [0.29, 0.717) is 19.3 Å². The zero-order valence-corrected chi connectivity index (χ0v) is 21.6. The summed E-state index contributed by atoms with van der Waals surface area (Å²) in [6.45, 7) is 1.66. The van der Waals surface area contributed by atoms with Crippen molar-refractivity contribution in [3.05, 3.63) is 59.7 Å². The zero-order valence-electron chi connectivity index (χ0n) is 24.6. The molecule has 0 fully saturated rings. The van der Waals surface area contributed by atoms with Gasteiger partial charge in [-0.05, 0) is 63.9 Å². The maximum atomic E-state index is 13.9. The number of benzene rings is 2. The molecule has 2 amide bonds. The van der Waals surface area contributed by atoms with E-state index in [1.165, 1.54) is 24.3 Å². The molecule has 0 unspecified atom stereocenters. The summed E-state index contributed by atoms with van der Waals surface area (Å²) in [5.74, 6) is -5.65. The Morgan fingerprint density at radius 2 is 1.68 bits per heavy atom. The largest absolute Gasteiger partial charge is 0.480 e. The average Bonchev–Trinajstić information content (AvgIpc) is 2.85. The Kier molecular flexibility index (Phi) is 9.65. The Balaban J connectivity index is 2.08. The lowest BCUT2D eigenvalue weighted by Crippen LogP contribution is -2.43. The first-order valence-corrected chi connectivity index (χ1v) is 12.1. The molecule has 1 atom stereocenters. The van der Waals surface area contributed by atoms with Gasteiger partial charge in [0.2, 0.25) is 5.91 Å². The smallest absolute Gasteiger partial charge is 0.306 e. The standard InChI is InChI=1S/C28H34F2N2O6/c1-18(33)31-20-11-8-10-19(16-20)27(36)32-23(14-6-5-7-15-25(35)38-28(2,3)4)24(34)17-37-26-21(29)12-9-13-22(26)30/h8-13,16,23H,5-7,14-15,17H2,1-4H3,(H,31,33)(H,32,36)/t23-/m1/s1/i1D3. The number of para-hydroxylation sites is 1. The van der Waals surface area contributed by atoms with Crippen LogP contribution < -0.4 is 15.4 Å². The van der Waals surface area contributed by atoms with E-state index in [1.54, 1.807) is 20.8 Å². The number of Topliss-reactive ketones (excluding diaryl/α,β-unsaturated/α-hetero) is 1. The molecule has 0 aliphatic heterocycles. The molecule has 8 nitrogen and oxygen atoms in total. The van der Waals surface area contributed by atoms with Crippen molar-refractivity contribution in [3.8, 4) is 5.75 Å². The second-order valence-corrected chi connectivity index (χ2v) is 9.55. The van der Waals surface area contributed by atoms with Gasteiger partial charge in [0.15, 0.2) is 23.2 Å². The highest BCUT2D eigenvalue weighted by molar-refractivity contribution is 5.99. The number of halogens is 2. The number of carbonyl (C=O) groups excluding carboxylic acids is 4. The van der Waals surface area contributed by atoms with E-state index in [1.807, 2.05) is 0 Å². The van der Waals surface area contributed by atoms with E-state index in [9.17, 15) is 28.0 Å². The van der Waals surface area contributed by atoms with Gasteiger partial charge in [-0.1, -0.05) is 25.0 Å². The second kappa shape index (κ2) is 14.2. The SMILES string of the molecule is [2H]C([2H])([2H])C(=O)Nc1cccc(C(=O)N[C@H](CCCCCC(=O)OC(C)(C)C)C(=O)COc2c(F)cccc2F)c1. The Bertz CT molecular complexity index is 1230. The Morgan fingerprint density at radius 1 is 1.00 bits per heavy atom. The Hall–Kier alpha value is -3.82. The van der Waals surface area contributed by atoms with Crippen molar-refractivity contribution in [1.82, 2.24) is 5.32 Å². The molecule has 0 radical (unpaired) electrons. The molecule has 0 saturated heterocycles. The van der Waals surface area contributed by atoms with Crippen LogP contribution in [-0.2, 0) is 19.1 Å². The molecule has 2 rings (SSSR count). The second-order valence-electron chi connectivity index (χ2n) is 9.55. The van der Waals surface area contributed by atoms with E-state index in [0.717, 1.165) is 18.2 Å². The van der Waals surface area contributed by atoms with Crippen LogP contribution >= 0.6 is 0 Å². The van der Waals surface area contributed by atoms with Crippen LogP contribution in [0.25, 0.3) is 0 Å². The zero-order chi connectivity index (χ0) is 30.8. The van der Waals surface area contributed by atoms with Gasteiger partial charge in [0.05, 0.1) is 6.04 Å². The van der Waals surface area contributed by atoms with Gasteiger partial charge in [0.1, 0.15) is 12.2 Å². The van der Waals surface area contributed by atoms with Gasteiger partial charge in [-0.25, -0.2) is 8.78 Å². The van der Waals surface area contributed by atoms with Gasteiger partial charge in [-0.3, -0.25) is 19.2 Å². The number of ether oxygens (including phenoxy) is 2. The highest BCUT2D eigenvalue weighted by atomic mass is 19.1. The maximum absolute atomic E-state index is 13.9. The van der Waals surface area contributed by atoms with Crippen LogP contribution in [0.15, 0.2) is 42.5 Å². The van der Waals surface area contributed by atoms with Crippen molar-refractivity contribution in [2.24, 2.45) is 0 Å². The normalized spacial score (nSPS) is 13.3. The number of rotatable bonds is 13. The molecule has 0 heterocycles. The third-order valence-corrected chi connectivity index (χ3v) is 5.15. The monoisotopic (exact) mass is 535 g/mol. The predicted molar refractivity (Wildman–Crippen MR) is 138 cm³/mol. The van der Waals surface area contributed by atoms with Crippen molar-refractivity contribution in [3.63, 3.8) is 0 Å². The summed E-state index contributed by atoms with van der Waals surface area (Å²) in [7, 11) is 0. The number of carbonyl (C=O) groups is 4. The molecule has 38 heavy (non-hydrogen) atoms. The van der Waals surface area contributed by atoms with Crippen LogP contribution in [-0.4, -0.2) is 41.8 Å². The fourth-order valence-corrected chi connectivity index (χ4v) is 3.48. The number of unbranched alkanes of at least 4 members (excludes halogenated alkanes) is 2. The van der Waals surface area contributed by atoms with Gasteiger partial charge < -0.3 is 20.1 Å². The van der Waals surface area contributed by atoms with Crippen LogP contribution in [0.2, 0.25) is 0 Å². The van der Waals surface area contributed by atoms with Gasteiger partial charge in [-0.2, -0.15) is 0 Å². The first-order valence-electron chi connectivity index (χ1n) is 13.6. The summed E-state index contributed by atoms with van der Waals surface area (Å²) in [6.07, 6.45) is 1.73. The summed E-state index contributed by atoms with van der Waals surface area (Å²) in [4.78, 5) is 49.7. The van der Waals surface area contributed by atoms with Crippen molar-refractivity contribution < 1.29 is 41.5 Å². The van der Waals surface area contributed by atoms with Crippen molar-refractivity contribution in [2.45, 2.75) is 71.4 Å². The summed E-state index contributed by atoms with van der Waals surface area (Å²) in [5, 5.41) is 4.77. The van der Waals surface area contributed by atoms with Gasteiger partial charge in [0.25, 0.3) is 5.91 Å². The molecule has 2 aromatic rings. The van der Waals surface area contributed by atoms with Gasteiger partial charge in [-0.15, -0.1) is 0 Å². The first-order chi connectivity index (χ1) is 19.1. The van der Waals surface area contributed by atoms with E-state index in [2.05, 4.69) is 10.6 Å². The van der Waals surface area contributed by atoms with Crippen molar-refractivity contribution >= 4 is 29.3 Å². The van der Waals surface area contributed by atoms with Crippen LogP contribution in [0, 0.1) is 11.6 Å².